The number of alkyl halides is 2. The number of benzene rings is 1. The molecule has 24 heavy (non-hydrogen) atoms. The summed E-state index contributed by atoms with van der Waals surface area (Å²) in [6.45, 7) is -2.89. The van der Waals surface area contributed by atoms with Gasteiger partial charge in [-0.3, -0.25) is 0 Å². The second kappa shape index (κ2) is 7.32. The van der Waals surface area contributed by atoms with E-state index in [2.05, 4.69) is 19.7 Å². The molecule has 0 amide bonds. The lowest BCUT2D eigenvalue weighted by Gasteiger charge is -2.11. The van der Waals surface area contributed by atoms with Crippen LogP contribution in [-0.2, 0) is 0 Å². The first-order valence-corrected chi connectivity index (χ1v) is 6.75. The van der Waals surface area contributed by atoms with E-state index in [1.54, 1.807) is 19.0 Å². The highest BCUT2D eigenvalue weighted by molar-refractivity contribution is 5.87. The predicted octanol–water partition coefficient (Wildman–Crippen LogP) is 2.19. The molecule has 1 heterocycles. The molecule has 0 saturated carbocycles. The molecule has 0 spiro atoms. The lowest BCUT2D eigenvalue weighted by atomic mass is 10.1. The molecule has 0 bridgehead atoms. The average molecular weight is 332 g/mol. The van der Waals surface area contributed by atoms with Gasteiger partial charge in [0.2, 0.25) is 11.9 Å². The van der Waals surface area contributed by atoms with Crippen LogP contribution in [0.4, 0.5) is 20.7 Å². The molecule has 1 aromatic heterocycles. The lowest BCUT2D eigenvalue weighted by Crippen LogP contribution is -2.15. The molecule has 9 heteroatoms. The molecular formula is C15H14F2N6O. The summed E-state index contributed by atoms with van der Waals surface area (Å²) in [5.41, 5.74) is 6.39. The van der Waals surface area contributed by atoms with Gasteiger partial charge in [-0.25, -0.2) is 0 Å². The van der Waals surface area contributed by atoms with E-state index in [1.165, 1.54) is 30.3 Å². The number of allylic oxidation sites excluding steroid dienone is 1. The minimum Gasteiger partial charge on any atom is -0.435 e. The Labute approximate surface area is 137 Å². The van der Waals surface area contributed by atoms with Gasteiger partial charge in [-0.05, 0) is 23.8 Å². The first-order valence-electron chi connectivity index (χ1n) is 6.75. The fourth-order valence-electron chi connectivity index (χ4n) is 1.76. The Kier molecular flexibility index (Phi) is 5.21. The van der Waals surface area contributed by atoms with Crippen molar-refractivity contribution in [2.75, 3.05) is 24.7 Å². The van der Waals surface area contributed by atoms with Crippen molar-refractivity contribution in [1.82, 2.24) is 15.0 Å². The minimum absolute atomic E-state index is 0.00877. The van der Waals surface area contributed by atoms with E-state index in [9.17, 15) is 14.0 Å². The number of nitrogens with zero attached hydrogens (tertiary/aromatic N) is 5. The normalized spacial score (nSPS) is 11.2. The van der Waals surface area contributed by atoms with Gasteiger partial charge in [-0.15, -0.1) is 0 Å². The highest BCUT2D eigenvalue weighted by Crippen LogP contribution is 2.20. The minimum atomic E-state index is -2.89. The van der Waals surface area contributed by atoms with Crippen LogP contribution in [0.3, 0.4) is 0 Å². The zero-order valence-electron chi connectivity index (χ0n) is 12.9. The van der Waals surface area contributed by atoms with E-state index in [1.807, 2.05) is 6.07 Å². The van der Waals surface area contributed by atoms with Crippen molar-refractivity contribution in [3.63, 3.8) is 0 Å². The molecule has 2 rings (SSSR count). The molecular weight excluding hydrogens is 318 g/mol. The highest BCUT2D eigenvalue weighted by atomic mass is 19.3. The standard InChI is InChI=1S/C15H14F2N6O/c1-23(2)15-21-12(20-14(19)22-15)10(8-18)7-9-3-5-11(6-4-9)24-13(16)17/h3-7,13H,1-2H3,(H2,19,20,21,22)/b10-7-. The first kappa shape index (κ1) is 17.1. The summed E-state index contributed by atoms with van der Waals surface area (Å²) in [6, 6.07) is 7.81. The Morgan fingerprint density at radius 2 is 1.92 bits per heavy atom. The van der Waals surface area contributed by atoms with Crippen LogP contribution in [0.1, 0.15) is 11.4 Å². The van der Waals surface area contributed by atoms with E-state index in [-0.39, 0.29) is 23.1 Å². The third-order valence-electron chi connectivity index (χ3n) is 2.82. The number of nitrogen functional groups attached to an aromatic ring is 1. The Balaban J connectivity index is 2.34. The maximum Gasteiger partial charge on any atom is 0.387 e. The maximum atomic E-state index is 12.1. The van der Waals surface area contributed by atoms with Crippen LogP contribution >= 0.6 is 0 Å². The van der Waals surface area contributed by atoms with Gasteiger partial charge in [0.25, 0.3) is 0 Å². The topological polar surface area (TPSA) is 101 Å². The van der Waals surface area contributed by atoms with Crippen molar-refractivity contribution < 1.29 is 13.5 Å². The Morgan fingerprint density at radius 1 is 1.25 bits per heavy atom. The molecule has 0 aliphatic heterocycles. The number of halogens is 2. The number of rotatable bonds is 5. The smallest absolute Gasteiger partial charge is 0.387 e. The van der Waals surface area contributed by atoms with Gasteiger partial charge in [-0.2, -0.15) is 29.0 Å². The van der Waals surface area contributed by atoms with Crippen molar-refractivity contribution in [1.29, 1.82) is 5.26 Å². The van der Waals surface area contributed by atoms with Crippen LogP contribution in [0.5, 0.6) is 5.75 Å². The zero-order valence-corrected chi connectivity index (χ0v) is 12.9. The summed E-state index contributed by atoms with van der Waals surface area (Å²) in [6.07, 6.45) is 1.51. The van der Waals surface area contributed by atoms with Gasteiger partial charge < -0.3 is 15.4 Å². The SMILES string of the molecule is CN(C)c1nc(N)nc(/C(C#N)=C\c2ccc(OC(F)F)cc2)n1. The van der Waals surface area contributed by atoms with Crippen LogP contribution < -0.4 is 15.4 Å². The van der Waals surface area contributed by atoms with E-state index in [0.717, 1.165) is 0 Å². The number of anilines is 2. The molecule has 1 aromatic carbocycles. The first-order chi connectivity index (χ1) is 11.4. The van der Waals surface area contributed by atoms with E-state index < -0.39 is 6.61 Å². The number of ether oxygens (including phenoxy) is 1. The van der Waals surface area contributed by atoms with Gasteiger partial charge in [0.1, 0.15) is 11.8 Å². The lowest BCUT2D eigenvalue weighted by molar-refractivity contribution is -0.0498. The molecule has 7 nitrogen and oxygen atoms in total. The van der Waals surface area contributed by atoms with Crippen molar-refractivity contribution in [2.45, 2.75) is 6.61 Å². The van der Waals surface area contributed by atoms with Crippen molar-refractivity contribution >= 4 is 23.5 Å². The Bertz CT molecular complexity index is 784. The quantitative estimate of drug-likeness (QED) is 0.837. The maximum absolute atomic E-state index is 12.1. The number of nitriles is 1. The summed E-state index contributed by atoms with van der Waals surface area (Å²) >= 11 is 0. The van der Waals surface area contributed by atoms with Gasteiger partial charge in [-0.1, -0.05) is 12.1 Å². The van der Waals surface area contributed by atoms with Crippen LogP contribution in [-0.4, -0.2) is 35.7 Å². The summed E-state index contributed by atoms with van der Waals surface area (Å²) in [5.74, 6) is 0.464. The Hall–Kier alpha value is -3.28. The molecule has 0 radical (unpaired) electrons. The second-order valence-corrected chi connectivity index (χ2v) is 4.83. The molecule has 0 aliphatic carbocycles. The molecule has 124 valence electrons. The molecule has 0 aliphatic rings. The summed E-state index contributed by atoms with van der Waals surface area (Å²) in [4.78, 5) is 13.7. The largest absolute Gasteiger partial charge is 0.435 e. The fraction of sp³-hybridized carbons (Fsp3) is 0.200. The number of aromatic nitrogens is 3. The van der Waals surface area contributed by atoms with Gasteiger partial charge >= 0.3 is 6.61 Å². The van der Waals surface area contributed by atoms with Gasteiger partial charge in [0.15, 0.2) is 5.82 Å². The monoisotopic (exact) mass is 332 g/mol. The van der Waals surface area contributed by atoms with Crippen LogP contribution in [0, 0.1) is 11.3 Å². The van der Waals surface area contributed by atoms with Crippen molar-refractivity contribution in [3.05, 3.63) is 35.7 Å². The molecule has 0 fully saturated rings. The Morgan fingerprint density at radius 3 is 2.46 bits per heavy atom. The fourth-order valence-corrected chi connectivity index (χ4v) is 1.76. The predicted molar refractivity (Wildman–Crippen MR) is 85.1 cm³/mol. The van der Waals surface area contributed by atoms with E-state index in [4.69, 9.17) is 5.73 Å². The third-order valence-corrected chi connectivity index (χ3v) is 2.82. The van der Waals surface area contributed by atoms with E-state index in [0.29, 0.717) is 11.5 Å². The molecule has 2 N–H and O–H groups in total. The average Bonchev–Trinajstić information content (AvgIpc) is 2.53. The van der Waals surface area contributed by atoms with Gasteiger partial charge in [0, 0.05) is 14.1 Å². The van der Waals surface area contributed by atoms with Crippen molar-refractivity contribution in [2.24, 2.45) is 0 Å². The van der Waals surface area contributed by atoms with Crippen molar-refractivity contribution in [3.8, 4) is 11.8 Å². The summed E-state index contributed by atoms with van der Waals surface area (Å²) in [5, 5.41) is 9.34. The van der Waals surface area contributed by atoms with Crippen LogP contribution in [0.25, 0.3) is 11.6 Å². The number of hydrogen-bond donors (Lipinski definition) is 1. The second-order valence-electron chi connectivity index (χ2n) is 4.83. The van der Waals surface area contributed by atoms with Gasteiger partial charge in [0.05, 0.1) is 5.57 Å². The summed E-state index contributed by atoms with van der Waals surface area (Å²) < 4.78 is 28.5. The molecule has 0 saturated heterocycles. The molecule has 0 unspecified atom stereocenters. The number of hydrogen-bond acceptors (Lipinski definition) is 7. The molecule has 0 atom stereocenters. The molecule has 2 aromatic rings. The zero-order chi connectivity index (χ0) is 17.7. The highest BCUT2D eigenvalue weighted by Gasteiger charge is 2.11. The summed E-state index contributed by atoms with van der Waals surface area (Å²) in [7, 11) is 3.46. The van der Waals surface area contributed by atoms with Crippen LogP contribution in [0.2, 0.25) is 0 Å². The third kappa shape index (κ3) is 4.36. The number of nitrogens with two attached hydrogens (primary N) is 1. The van der Waals surface area contributed by atoms with Crippen LogP contribution in [0.15, 0.2) is 24.3 Å². The van der Waals surface area contributed by atoms with E-state index >= 15 is 0 Å².